The molecule has 0 amide bonds. The van der Waals surface area contributed by atoms with Gasteiger partial charge in [0.1, 0.15) is 0 Å². The van der Waals surface area contributed by atoms with Gasteiger partial charge in [-0.3, -0.25) is 4.98 Å². The summed E-state index contributed by atoms with van der Waals surface area (Å²) >= 11 is 0. The van der Waals surface area contributed by atoms with Gasteiger partial charge in [-0.05, 0) is 18.2 Å². The molecule has 0 radical (unpaired) electrons. The molecule has 0 fully saturated rings. The lowest BCUT2D eigenvalue weighted by molar-refractivity contribution is 1.21. The van der Waals surface area contributed by atoms with Gasteiger partial charge in [-0.1, -0.05) is 25.7 Å². The Morgan fingerprint density at radius 1 is 1.18 bits per heavy atom. The van der Waals surface area contributed by atoms with Crippen LogP contribution in [0, 0.1) is 6.92 Å². The molecule has 1 rings (SSSR count). The predicted molar refractivity (Wildman–Crippen MR) is 52.0 cm³/mol. The normalized spacial score (nSPS) is 11.6. The molecule has 0 atom stereocenters. The van der Waals surface area contributed by atoms with Gasteiger partial charge in [0.2, 0.25) is 0 Å². The van der Waals surface area contributed by atoms with Crippen LogP contribution in [0.1, 0.15) is 5.69 Å². The SMILES string of the molecule is Cc1ccc([Si](C)(C)C)cn1. The maximum Gasteiger partial charge on any atom is 0.0796 e. The first kappa shape index (κ1) is 8.46. The quantitative estimate of drug-likeness (QED) is 0.579. The fraction of sp³-hybridized carbons (Fsp3) is 0.444. The maximum atomic E-state index is 4.28. The van der Waals surface area contributed by atoms with E-state index in [1.807, 2.05) is 13.1 Å². The Hall–Kier alpha value is -0.633. The summed E-state index contributed by atoms with van der Waals surface area (Å²) in [7, 11) is -1.12. The van der Waals surface area contributed by atoms with E-state index in [9.17, 15) is 0 Å². The number of nitrogens with zero attached hydrogens (tertiary/aromatic N) is 1. The molecule has 0 spiro atoms. The van der Waals surface area contributed by atoms with Crippen LogP contribution in [-0.2, 0) is 0 Å². The molecule has 0 saturated carbocycles. The fourth-order valence-corrected chi connectivity index (χ4v) is 1.95. The lowest BCUT2D eigenvalue weighted by atomic mass is 10.4. The molecule has 1 aromatic heterocycles. The molecule has 0 aliphatic rings. The van der Waals surface area contributed by atoms with E-state index in [-0.39, 0.29) is 0 Å². The van der Waals surface area contributed by atoms with E-state index in [4.69, 9.17) is 0 Å². The molecule has 0 unspecified atom stereocenters. The average Bonchev–Trinajstić information content (AvgIpc) is 1.86. The Morgan fingerprint density at radius 2 is 1.82 bits per heavy atom. The third kappa shape index (κ3) is 2.15. The molecular formula is C9H15NSi. The zero-order chi connectivity index (χ0) is 8.48. The Labute approximate surface area is 69.5 Å². The number of hydrogen-bond donors (Lipinski definition) is 0. The number of pyridine rings is 1. The zero-order valence-corrected chi connectivity index (χ0v) is 8.68. The van der Waals surface area contributed by atoms with E-state index >= 15 is 0 Å². The molecule has 0 aromatic carbocycles. The van der Waals surface area contributed by atoms with E-state index in [1.165, 1.54) is 5.19 Å². The first-order valence-corrected chi connectivity index (χ1v) is 7.43. The highest BCUT2D eigenvalue weighted by atomic mass is 28.3. The van der Waals surface area contributed by atoms with Crippen LogP contribution in [0.2, 0.25) is 19.6 Å². The van der Waals surface area contributed by atoms with Crippen molar-refractivity contribution in [2.24, 2.45) is 0 Å². The second kappa shape index (κ2) is 2.78. The third-order valence-electron chi connectivity index (χ3n) is 1.78. The summed E-state index contributed by atoms with van der Waals surface area (Å²) in [6, 6.07) is 4.29. The standard InChI is InChI=1S/C9H15NSi/c1-8-5-6-9(7-10-8)11(2,3)4/h5-7H,1-4H3. The summed E-state index contributed by atoms with van der Waals surface area (Å²) < 4.78 is 0. The summed E-state index contributed by atoms with van der Waals surface area (Å²) in [5.41, 5.74) is 1.10. The van der Waals surface area contributed by atoms with E-state index in [0.717, 1.165) is 5.69 Å². The molecule has 0 aliphatic heterocycles. The summed E-state index contributed by atoms with van der Waals surface area (Å²) in [6.07, 6.45) is 2.02. The minimum atomic E-state index is -1.12. The molecule has 60 valence electrons. The average molecular weight is 165 g/mol. The Kier molecular flexibility index (Phi) is 2.14. The fourth-order valence-electron chi connectivity index (χ4n) is 0.911. The van der Waals surface area contributed by atoms with Crippen LogP contribution in [0.25, 0.3) is 0 Å². The monoisotopic (exact) mass is 165 g/mol. The van der Waals surface area contributed by atoms with Crippen molar-refractivity contribution < 1.29 is 0 Å². The van der Waals surface area contributed by atoms with Gasteiger partial charge in [0.15, 0.2) is 0 Å². The van der Waals surface area contributed by atoms with Gasteiger partial charge in [-0.15, -0.1) is 0 Å². The number of aryl methyl sites for hydroxylation is 1. The van der Waals surface area contributed by atoms with Gasteiger partial charge in [0.25, 0.3) is 0 Å². The zero-order valence-electron chi connectivity index (χ0n) is 7.68. The van der Waals surface area contributed by atoms with Crippen molar-refractivity contribution >= 4 is 13.3 Å². The van der Waals surface area contributed by atoms with Crippen molar-refractivity contribution in [1.82, 2.24) is 4.98 Å². The number of aromatic nitrogens is 1. The van der Waals surface area contributed by atoms with Gasteiger partial charge < -0.3 is 0 Å². The molecule has 0 bridgehead atoms. The summed E-state index contributed by atoms with van der Waals surface area (Å²) in [4.78, 5) is 4.28. The number of hydrogen-bond acceptors (Lipinski definition) is 1. The summed E-state index contributed by atoms with van der Waals surface area (Å²) in [5.74, 6) is 0. The van der Waals surface area contributed by atoms with E-state index in [0.29, 0.717) is 0 Å². The predicted octanol–water partition coefficient (Wildman–Crippen LogP) is 1.94. The topological polar surface area (TPSA) is 12.9 Å². The van der Waals surface area contributed by atoms with Crippen LogP contribution in [-0.4, -0.2) is 13.1 Å². The second-order valence-corrected chi connectivity index (χ2v) is 9.02. The first-order chi connectivity index (χ1) is 5.00. The second-order valence-electron chi connectivity index (χ2n) is 3.94. The maximum absolute atomic E-state index is 4.28. The lowest BCUT2D eigenvalue weighted by Gasteiger charge is -2.15. The van der Waals surface area contributed by atoms with Crippen molar-refractivity contribution in [3.63, 3.8) is 0 Å². The van der Waals surface area contributed by atoms with Crippen LogP contribution in [0.4, 0.5) is 0 Å². The van der Waals surface area contributed by atoms with E-state index < -0.39 is 8.07 Å². The van der Waals surface area contributed by atoms with Crippen molar-refractivity contribution in [2.45, 2.75) is 26.6 Å². The Bertz CT molecular complexity index is 233. The van der Waals surface area contributed by atoms with Gasteiger partial charge in [-0.2, -0.15) is 0 Å². The first-order valence-electron chi connectivity index (χ1n) is 3.93. The smallest absolute Gasteiger partial charge is 0.0796 e. The van der Waals surface area contributed by atoms with Gasteiger partial charge in [0, 0.05) is 11.9 Å². The number of rotatable bonds is 1. The highest BCUT2D eigenvalue weighted by Gasteiger charge is 2.15. The van der Waals surface area contributed by atoms with Gasteiger partial charge in [0.05, 0.1) is 8.07 Å². The summed E-state index contributed by atoms with van der Waals surface area (Å²) in [5, 5.41) is 1.43. The molecule has 0 saturated heterocycles. The molecule has 1 nitrogen and oxygen atoms in total. The molecule has 0 N–H and O–H groups in total. The largest absolute Gasteiger partial charge is 0.262 e. The molecule has 0 aliphatic carbocycles. The van der Waals surface area contributed by atoms with Gasteiger partial charge in [-0.25, -0.2) is 0 Å². The third-order valence-corrected chi connectivity index (χ3v) is 3.81. The minimum Gasteiger partial charge on any atom is -0.262 e. The molecule has 1 heterocycles. The van der Waals surface area contributed by atoms with Crippen molar-refractivity contribution in [1.29, 1.82) is 0 Å². The molecule has 1 aromatic rings. The molecular weight excluding hydrogens is 150 g/mol. The van der Waals surface area contributed by atoms with Crippen LogP contribution >= 0.6 is 0 Å². The lowest BCUT2D eigenvalue weighted by Crippen LogP contribution is -2.37. The van der Waals surface area contributed by atoms with Crippen LogP contribution in [0.3, 0.4) is 0 Å². The highest BCUT2D eigenvalue weighted by Crippen LogP contribution is 2.00. The molecule has 11 heavy (non-hydrogen) atoms. The van der Waals surface area contributed by atoms with Crippen molar-refractivity contribution in [3.8, 4) is 0 Å². The summed E-state index contributed by atoms with van der Waals surface area (Å²) in [6.45, 7) is 9.02. The minimum absolute atomic E-state index is 1.10. The van der Waals surface area contributed by atoms with Gasteiger partial charge >= 0.3 is 0 Å². The Morgan fingerprint density at radius 3 is 2.18 bits per heavy atom. The molecule has 2 heteroatoms. The van der Waals surface area contributed by atoms with Crippen LogP contribution in [0.5, 0.6) is 0 Å². The van der Waals surface area contributed by atoms with Crippen LogP contribution < -0.4 is 5.19 Å². The Balaban J connectivity index is 2.99. The highest BCUT2D eigenvalue weighted by molar-refractivity contribution is 6.88. The van der Waals surface area contributed by atoms with Crippen LogP contribution in [0.15, 0.2) is 18.3 Å². The van der Waals surface area contributed by atoms with E-state index in [2.05, 4.69) is 36.8 Å². The van der Waals surface area contributed by atoms with E-state index in [1.54, 1.807) is 0 Å². The van der Waals surface area contributed by atoms with Crippen molar-refractivity contribution in [3.05, 3.63) is 24.0 Å². The van der Waals surface area contributed by atoms with Crippen molar-refractivity contribution in [2.75, 3.05) is 0 Å².